The van der Waals surface area contributed by atoms with Crippen LogP contribution >= 0.6 is 0 Å². The molecule has 0 aromatic heterocycles. The molecule has 2 atom stereocenters. The molecule has 0 amide bonds. The Bertz CT molecular complexity index is 419. The molecule has 20 heavy (non-hydrogen) atoms. The fraction of sp³-hybridized carbons (Fsp3) is 0.571. The minimum Gasteiger partial charge on any atom is -0.489 e. The number of halogens is 3. The normalized spacial score (nSPS) is 23.0. The van der Waals surface area contributed by atoms with Gasteiger partial charge in [0.25, 0.3) is 0 Å². The first-order valence-corrected chi connectivity index (χ1v) is 6.64. The van der Waals surface area contributed by atoms with Crippen molar-refractivity contribution in [1.29, 1.82) is 0 Å². The smallest absolute Gasteiger partial charge is 0.416 e. The molecule has 3 nitrogen and oxygen atoms in total. The maximum absolute atomic E-state index is 12.4. The molecule has 0 saturated carbocycles. The van der Waals surface area contributed by atoms with Crippen LogP contribution in [0.15, 0.2) is 24.3 Å². The lowest BCUT2D eigenvalue weighted by Crippen LogP contribution is -2.26. The van der Waals surface area contributed by atoms with Gasteiger partial charge in [-0.3, -0.25) is 0 Å². The molecule has 0 radical (unpaired) electrons. The highest BCUT2D eigenvalue weighted by molar-refractivity contribution is 5.29. The predicted octanol–water partition coefficient (Wildman–Crippen LogP) is 2.85. The standard InChI is InChI=1S/C14H18F3NO2/c1-2-19-9-11-7-13(8-18-11)20-12-5-3-10(4-6-12)14(15,16)17/h3-6,11,13,18H,2,7-9H2,1H3/t11-,13-/m0/s1. The highest BCUT2D eigenvalue weighted by atomic mass is 19.4. The lowest BCUT2D eigenvalue weighted by Gasteiger charge is -2.14. The van der Waals surface area contributed by atoms with Crippen LogP contribution in [0.1, 0.15) is 18.9 Å². The van der Waals surface area contributed by atoms with Crippen LogP contribution in [0.3, 0.4) is 0 Å². The largest absolute Gasteiger partial charge is 0.489 e. The van der Waals surface area contributed by atoms with Crippen molar-refractivity contribution in [3.63, 3.8) is 0 Å². The third-order valence-corrected chi connectivity index (χ3v) is 3.19. The van der Waals surface area contributed by atoms with Crippen LogP contribution in [0.4, 0.5) is 13.2 Å². The molecule has 1 heterocycles. The SMILES string of the molecule is CCOC[C@@H]1C[C@H](Oc2ccc(C(F)(F)F)cc2)CN1. The van der Waals surface area contributed by atoms with Crippen molar-refractivity contribution in [3.05, 3.63) is 29.8 Å². The molecule has 1 aliphatic heterocycles. The van der Waals surface area contributed by atoms with Crippen LogP contribution in [0.25, 0.3) is 0 Å². The van der Waals surface area contributed by atoms with Crippen LogP contribution in [0.2, 0.25) is 0 Å². The molecule has 0 unspecified atom stereocenters. The molecule has 2 rings (SSSR count). The van der Waals surface area contributed by atoms with E-state index in [1.165, 1.54) is 12.1 Å². The third kappa shape index (κ3) is 4.11. The van der Waals surface area contributed by atoms with Gasteiger partial charge < -0.3 is 14.8 Å². The van der Waals surface area contributed by atoms with E-state index in [0.29, 0.717) is 25.5 Å². The number of ether oxygens (including phenoxy) is 2. The van der Waals surface area contributed by atoms with Gasteiger partial charge in [-0.25, -0.2) is 0 Å². The Morgan fingerprint density at radius 2 is 1.95 bits per heavy atom. The van der Waals surface area contributed by atoms with Crippen LogP contribution in [0.5, 0.6) is 5.75 Å². The summed E-state index contributed by atoms with van der Waals surface area (Å²) in [4.78, 5) is 0. The van der Waals surface area contributed by atoms with E-state index in [-0.39, 0.29) is 12.1 Å². The zero-order valence-electron chi connectivity index (χ0n) is 11.2. The first-order chi connectivity index (χ1) is 9.49. The quantitative estimate of drug-likeness (QED) is 0.904. The van der Waals surface area contributed by atoms with Crippen molar-refractivity contribution < 1.29 is 22.6 Å². The van der Waals surface area contributed by atoms with Crippen molar-refractivity contribution in [2.75, 3.05) is 19.8 Å². The molecular formula is C14H18F3NO2. The lowest BCUT2D eigenvalue weighted by atomic mass is 10.2. The molecule has 6 heteroatoms. The Balaban J connectivity index is 1.85. The van der Waals surface area contributed by atoms with Gasteiger partial charge in [-0.2, -0.15) is 13.2 Å². The van der Waals surface area contributed by atoms with Crippen LogP contribution in [0, 0.1) is 0 Å². The summed E-state index contributed by atoms with van der Waals surface area (Å²) in [6.07, 6.45) is -3.55. The summed E-state index contributed by atoms with van der Waals surface area (Å²) in [5.41, 5.74) is -0.663. The van der Waals surface area contributed by atoms with Crippen LogP contribution in [-0.2, 0) is 10.9 Å². The molecule has 1 N–H and O–H groups in total. The van der Waals surface area contributed by atoms with Gasteiger partial charge in [0.1, 0.15) is 11.9 Å². The predicted molar refractivity (Wildman–Crippen MR) is 68.8 cm³/mol. The Kier molecular flexibility index (Phi) is 4.88. The molecule has 112 valence electrons. The monoisotopic (exact) mass is 289 g/mol. The second kappa shape index (κ2) is 6.45. The summed E-state index contributed by atoms with van der Waals surface area (Å²) in [5, 5.41) is 3.27. The molecule has 0 bridgehead atoms. The molecule has 1 aromatic rings. The van der Waals surface area contributed by atoms with Gasteiger partial charge >= 0.3 is 6.18 Å². The molecular weight excluding hydrogens is 271 g/mol. The Hall–Kier alpha value is -1.27. The average Bonchev–Trinajstić information content (AvgIpc) is 2.83. The minimum absolute atomic E-state index is 0.0304. The van der Waals surface area contributed by atoms with Crippen molar-refractivity contribution in [2.24, 2.45) is 0 Å². The molecule has 1 aromatic carbocycles. The van der Waals surface area contributed by atoms with Crippen molar-refractivity contribution in [3.8, 4) is 5.75 Å². The Morgan fingerprint density at radius 1 is 1.25 bits per heavy atom. The van der Waals surface area contributed by atoms with E-state index in [1.807, 2.05) is 6.92 Å². The zero-order valence-corrected chi connectivity index (χ0v) is 11.2. The molecule has 1 fully saturated rings. The van der Waals surface area contributed by atoms with E-state index in [0.717, 1.165) is 18.6 Å². The van der Waals surface area contributed by atoms with E-state index in [4.69, 9.17) is 9.47 Å². The Labute approximate surface area is 116 Å². The highest BCUT2D eigenvalue weighted by Gasteiger charge is 2.30. The van der Waals surface area contributed by atoms with Crippen molar-refractivity contribution in [2.45, 2.75) is 31.7 Å². The number of hydrogen-bond donors (Lipinski definition) is 1. The highest BCUT2D eigenvalue weighted by Crippen LogP contribution is 2.30. The fourth-order valence-corrected chi connectivity index (χ4v) is 2.17. The summed E-state index contributed by atoms with van der Waals surface area (Å²) in [5.74, 6) is 0.460. The average molecular weight is 289 g/mol. The van der Waals surface area contributed by atoms with Gasteiger partial charge in [0, 0.05) is 25.6 Å². The number of nitrogens with one attached hydrogen (secondary N) is 1. The fourth-order valence-electron chi connectivity index (χ4n) is 2.17. The molecule has 0 aliphatic carbocycles. The maximum atomic E-state index is 12.4. The van der Waals surface area contributed by atoms with Gasteiger partial charge in [0.2, 0.25) is 0 Å². The summed E-state index contributed by atoms with van der Waals surface area (Å²) in [7, 11) is 0. The van der Waals surface area contributed by atoms with Gasteiger partial charge in [0.15, 0.2) is 0 Å². The van der Waals surface area contributed by atoms with E-state index >= 15 is 0 Å². The third-order valence-electron chi connectivity index (χ3n) is 3.19. The summed E-state index contributed by atoms with van der Waals surface area (Å²) in [6.45, 7) is 3.91. The molecule has 0 spiro atoms. The topological polar surface area (TPSA) is 30.5 Å². The molecule has 1 saturated heterocycles. The second-order valence-electron chi connectivity index (χ2n) is 4.76. The van der Waals surface area contributed by atoms with E-state index in [1.54, 1.807) is 0 Å². The lowest BCUT2D eigenvalue weighted by molar-refractivity contribution is -0.137. The van der Waals surface area contributed by atoms with Crippen LogP contribution < -0.4 is 10.1 Å². The maximum Gasteiger partial charge on any atom is 0.416 e. The van der Waals surface area contributed by atoms with Gasteiger partial charge in [-0.15, -0.1) is 0 Å². The van der Waals surface area contributed by atoms with Crippen LogP contribution in [-0.4, -0.2) is 31.9 Å². The zero-order chi connectivity index (χ0) is 14.6. The summed E-state index contributed by atoms with van der Waals surface area (Å²) >= 11 is 0. The van der Waals surface area contributed by atoms with E-state index in [2.05, 4.69) is 5.32 Å². The molecule has 1 aliphatic rings. The summed E-state index contributed by atoms with van der Waals surface area (Å²) < 4.78 is 48.3. The number of alkyl halides is 3. The van der Waals surface area contributed by atoms with E-state index in [9.17, 15) is 13.2 Å². The summed E-state index contributed by atoms with van der Waals surface area (Å²) in [6, 6.07) is 5.04. The van der Waals surface area contributed by atoms with Gasteiger partial charge in [-0.05, 0) is 31.2 Å². The van der Waals surface area contributed by atoms with Gasteiger partial charge in [0.05, 0.1) is 12.2 Å². The van der Waals surface area contributed by atoms with E-state index < -0.39 is 11.7 Å². The number of benzene rings is 1. The Morgan fingerprint density at radius 3 is 2.55 bits per heavy atom. The minimum atomic E-state index is -4.31. The number of hydrogen-bond acceptors (Lipinski definition) is 3. The van der Waals surface area contributed by atoms with Crippen molar-refractivity contribution in [1.82, 2.24) is 5.32 Å². The first kappa shape index (κ1) is 15.1. The second-order valence-corrected chi connectivity index (χ2v) is 4.76. The first-order valence-electron chi connectivity index (χ1n) is 6.64. The van der Waals surface area contributed by atoms with Crippen molar-refractivity contribution >= 4 is 0 Å². The number of rotatable bonds is 5. The van der Waals surface area contributed by atoms with Gasteiger partial charge in [-0.1, -0.05) is 0 Å².